The summed E-state index contributed by atoms with van der Waals surface area (Å²) in [5, 5.41) is 12.5. The first-order chi connectivity index (χ1) is 15.5. The second-order valence-electron chi connectivity index (χ2n) is 7.67. The molecule has 0 heterocycles. The van der Waals surface area contributed by atoms with Crippen molar-refractivity contribution in [2.75, 3.05) is 11.9 Å². The largest absolute Gasteiger partial charge is 0.493 e. The van der Waals surface area contributed by atoms with Crippen LogP contribution in [0.4, 0.5) is 5.69 Å². The maximum Gasteiger partial charge on any atom is 0.337 e. The summed E-state index contributed by atoms with van der Waals surface area (Å²) in [4.78, 5) is 25.1. The number of aryl methyl sites for hydroxylation is 1. The number of ether oxygens (including phenoxy) is 1. The first-order valence-electron chi connectivity index (χ1n) is 11.0. The van der Waals surface area contributed by atoms with Crippen LogP contribution in [-0.4, -0.2) is 31.4 Å². The lowest BCUT2D eigenvalue weighted by molar-refractivity contribution is 0.0698. The number of carboxylic acids is 1. The number of aromatic carboxylic acids is 1. The van der Waals surface area contributed by atoms with Crippen molar-refractivity contribution in [3.63, 3.8) is 0 Å². The van der Waals surface area contributed by atoms with Crippen LogP contribution in [0.15, 0.2) is 66.7 Å². The van der Waals surface area contributed by atoms with Gasteiger partial charge in [0.2, 0.25) is 0 Å². The zero-order valence-corrected chi connectivity index (χ0v) is 18.6. The molecule has 5 nitrogen and oxygen atoms in total. The Morgan fingerprint density at radius 2 is 1.75 bits per heavy atom. The van der Waals surface area contributed by atoms with Crippen molar-refractivity contribution in [3.8, 4) is 16.9 Å². The molecule has 2 N–H and O–H groups in total. The normalized spacial score (nSPS) is 10.5. The fourth-order valence-electron chi connectivity index (χ4n) is 3.49. The number of unbranched alkanes of at least 4 members (excludes halogenated alkanes) is 1. The van der Waals surface area contributed by atoms with Crippen molar-refractivity contribution in [1.82, 2.24) is 0 Å². The molecule has 32 heavy (non-hydrogen) atoms. The Kier molecular flexibility index (Phi) is 8.09. The summed E-state index contributed by atoms with van der Waals surface area (Å²) < 4.78 is 5.86. The SMILES string of the molecule is BCCc1ccc(OCCCC)c(C(=O)Nc2cc(-c3ccccc3)ccc2C(=O)O)c1. The summed E-state index contributed by atoms with van der Waals surface area (Å²) in [6, 6.07) is 20.2. The number of nitrogens with one attached hydrogen (secondary N) is 1. The summed E-state index contributed by atoms with van der Waals surface area (Å²) in [5.74, 6) is -0.979. The number of hydrogen-bond donors (Lipinski definition) is 2. The molecule has 0 bridgehead atoms. The molecule has 3 rings (SSSR count). The molecule has 0 saturated carbocycles. The average molecular weight is 429 g/mol. The van der Waals surface area contributed by atoms with Crippen LogP contribution in [0.1, 0.15) is 46.0 Å². The maximum absolute atomic E-state index is 13.3. The van der Waals surface area contributed by atoms with Gasteiger partial charge in [0.1, 0.15) is 13.6 Å². The van der Waals surface area contributed by atoms with Crippen LogP contribution in [0.25, 0.3) is 11.1 Å². The van der Waals surface area contributed by atoms with E-state index < -0.39 is 5.97 Å². The Hall–Kier alpha value is -3.54. The molecule has 0 atom stereocenters. The van der Waals surface area contributed by atoms with Gasteiger partial charge in [-0.25, -0.2) is 4.79 Å². The van der Waals surface area contributed by atoms with Gasteiger partial charge in [0.15, 0.2) is 0 Å². The quantitative estimate of drug-likeness (QED) is 0.348. The zero-order valence-electron chi connectivity index (χ0n) is 18.6. The predicted octanol–water partition coefficient (Wildman–Crippen LogP) is 5.08. The van der Waals surface area contributed by atoms with E-state index in [1.807, 2.05) is 48.5 Å². The van der Waals surface area contributed by atoms with Crippen LogP contribution in [0.2, 0.25) is 6.32 Å². The Labute approximate surface area is 189 Å². The number of carbonyl (C=O) groups is 2. The Balaban J connectivity index is 1.96. The number of benzene rings is 3. The number of anilines is 1. The van der Waals surface area contributed by atoms with Crippen LogP contribution in [0.5, 0.6) is 5.75 Å². The molecular formula is C26H28BNO4. The van der Waals surface area contributed by atoms with Gasteiger partial charge in [-0.3, -0.25) is 4.79 Å². The second-order valence-corrected chi connectivity index (χ2v) is 7.67. The predicted molar refractivity (Wildman–Crippen MR) is 131 cm³/mol. The van der Waals surface area contributed by atoms with Crippen molar-refractivity contribution in [2.24, 2.45) is 0 Å². The van der Waals surface area contributed by atoms with E-state index in [9.17, 15) is 14.7 Å². The minimum absolute atomic E-state index is 0.0381. The summed E-state index contributed by atoms with van der Waals surface area (Å²) in [6.07, 6.45) is 3.68. The van der Waals surface area contributed by atoms with E-state index in [1.54, 1.807) is 12.1 Å². The van der Waals surface area contributed by atoms with Crippen LogP contribution < -0.4 is 10.1 Å². The van der Waals surface area contributed by atoms with Gasteiger partial charge >= 0.3 is 5.97 Å². The number of hydrogen-bond acceptors (Lipinski definition) is 3. The van der Waals surface area contributed by atoms with E-state index >= 15 is 0 Å². The number of carboxylic acid groups (broad SMARTS) is 1. The summed E-state index contributed by atoms with van der Waals surface area (Å²) in [6.45, 7) is 2.60. The van der Waals surface area contributed by atoms with Gasteiger partial charge in [-0.2, -0.15) is 0 Å². The summed E-state index contributed by atoms with van der Waals surface area (Å²) >= 11 is 0. The molecule has 0 saturated heterocycles. The number of rotatable bonds is 10. The third kappa shape index (κ3) is 5.79. The monoisotopic (exact) mass is 429 g/mol. The van der Waals surface area contributed by atoms with Gasteiger partial charge in [0.25, 0.3) is 5.91 Å². The molecule has 0 aromatic heterocycles. The van der Waals surface area contributed by atoms with Gasteiger partial charge in [0.05, 0.1) is 23.4 Å². The Bertz CT molecular complexity index is 1080. The van der Waals surface area contributed by atoms with Crippen molar-refractivity contribution < 1.29 is 19.4 Å². The van der Waals surface area contributed by atoms with Crippen LogP contribution in [-0.2, 0) is 6.42 Å². The van der Waals surface area contributed by atoms with Crippen molar-refractivity contribution in [2.45, 2.75) is 32.5 Å². The molecule has 164 valence electrons. The molecule has 0 spiro atoms. The minimum atomic E-state index is -1.10. The third-order valence-electron chi connectivity index (χ3n) is 5.19. The van der Waals surface area contributed by atoms with Gasteiger partial charge in [-0.05, 0) is 53.8 Å². The first kappa shape index (κ1) is 23.1. The van der Waals surface area contributed by atoms with Gasteiger partial charge in [-0.15, -0.1) is 0 Å². The molecule has 0 aliphatic carbocycles. The fraction of sp³-hybridized carbons (Fsp3) is 0.231. The number of amides is 1. The molecule has 0 aliphatic heterocycles. The van der Waals surface area contributed by atoms with E-state index in [4.69, 9.17) is 4.74 Å². The second kappa shape index (κ2) is 11.2. The molecule has 0 radical (unpaired) electrons. The minimum Gasteiger partial charge on any atom is -0.493 e. The van der Waals surface area contributed by atoms with Crippen molar-refractivity contribution in [3.05, 3.63) is 83.4 Å². The maximum atomic E-state index is 13.3. The van der Waals surface area contributed by atoms with Gasteiger partial charge in [-0.1, -0.05) is 62.1 Å². The lowest BCUT2D eigenvalue weighted by atomic mass is 9.96. The molecule has 0 unspecified atom stereocenters. The van der Waals surface area contributed by atoms with E-state index in [2.05, 4.69) is 20.1 Å². The highest BCUT2D eigenvalue weighted by Crippen LogP contribution is 2.28. The number of carbonyl (C=O) groups excluding carboxylic acids is 1. The lowest BCUT2D eigenvalue weighted by Crippen LogP contribution is -2.17. The van der Waals surface area contributed by atoms with Crippen LogP contribution in [0.3, 0.4) is 0 Å². The summed E-state index contributed by atoms with van der Waals surface area (Å²) in [5.41, 5.74) is 3.50. The van der Waals surface area contributed by atoms with Gasteiger partial charge in [0, 0.05) is 0 Å². The smallest absolute Gasteiger partial charge is 0.337 e. The van der Waals surface area contributed by atoms with Gasteiger partial charge < -0.3 is 15.2 Å². The topological polar surface area (TPSA) is 75.6 Å². The van der Waals surface area contributed by atoms with E-state index in [-0.39, 0.29) is 17.2 Å². The van der Waals surface area contributed by atoms with Crippen LogP contribution in [0, 0.1) is 0 Å². The molecule has 0 fully saturated rings. The highest BCUT2D eigenvalue weighted by molar-refractivity contribution is 6.10. The van der Waals surface area contributed by atoms with Crippen molar-refractivity contribution >= 4 is 25.4 Å². The first-order valence-corrected chi connectivity index (χ1v) is 11.0. The Morgan fingerprint density at radius 3 is 2.44 bits per heavy atom. The molecule has 1 amide bonds. The fourth-order valence-corrected chi connectivity index (χ4v) is 3.49. The third-order valence-corrected chi connectivity index (χ3v) is 5.19. The van der Waals surface area contributed by atoms with Crippen LogP contribution >= 0.6 is 0 Å². The zero-order chi connectivity index (χ0) is 22.9. The molecule has 3 aromatic carbocycles. The summed E-state index contributed by atoms with van der Waals surface area (Å²) in [7, 11) is 2.08. The van der Waals surface area contributed by atoms with E-state index in [0.717, 1.165) is 42.3 Å². The van der Waals surface area contributed by atoms with E-state index in [1.165, 1.54) is 6.07 Å². The lowest BCUT2D eigenvalue weighted by Gasteiger charge is -2.15. The molecule has 0 aliphatic rings. The standard InChI is InChI=1S/C26H28BNO4/c1-2-3-15-32-24-12-9-18(13-14-27)16-22(24)25(29)28-23-17-20(10-11-21(23)26(30)31)19-7-5-4-6-8-19/h4-12,16-17H,2-3,13-15,27H2,1H3,(H,28,29)(H,30,31). The van der Waals surface area contributed by atoms with E-state index in [0.29, 0.717) is 17.9 Å². The van der Waals surface area contributed by atoms with Crippen molar-refractivity contribution in [1.29, 1.82) is 0 Å². The Morgan fingerprint density at radius 1 is 0.969 bits per heavy atom. The molecular weight excluding hydrogens is 401 g/mol. The molecule has 6 heteroatoms. The molecule has 3 aromatic rings. The average Bonchev–Trinajstić information content (AvgIpc) is 2.80. The highest BCUT2D eigenvalue weighted by atomic mass is 16.5. The highest BCUT2D eigenvalue weighted by Gasteiger charge is 2.18.